The molecule has 1 aliphatic rings. The van der Waals surface area contributed by atoms with Crippen molar-refractivity contribution < 1.29 is 4.74 Å². The highest BCUT2D eigenvalue weighted by Crippen LogP contribution is 2.50. The smallest absolute Gasteiger partial charge is 0.228 e. The summed E-state index contributed by atoms with van der Waals surface area (Å²) in [6.07, 6.45) is 1.70. The number of fused-ring (bicyclic) bond motifs is 7. The van der Waals surface area contributed by atoms with Gasteiger partial charge in [0.1, 0.15) is 12.1 Å². The number of benzene rings is 4. The summed E-state index contributed by atoms with van der Waals surface area (Å²) in [7, 11) is 0. The lowest BCUT2D eigenvalue weighted by Gasteiger charge is -2.29. The van der Waals surface area contributed by atoms with Crippen LogP contribution in [0.25, 0.3) is 26.6 Å². The maximum Gasteiger partial charge on any atom is 0.228 e. The Morgan fingerprint density at radius 2 is 1.68 bits per heavy atom. The largest absolute Gasteiger partial charge is 0.438 e. The van der Waals surface area contributed by atoms with Gasteiger partial charge in [-0.2, -0.15) is 0 Å². The van der Waals surface area contributed by atoms with E-state index in [0.29, 0.717) is 11.6 Å². The van der Waals surface area contributed by atoms with Crippen LogP contribution in [-0.4, -0.2) is 24.6 Å². The molecule has 0 radical (unpaired) electrons. The molecular formula is C30H19N5OS2. The molecule has 4 heterocycles. The third kappa shape index (κ3) is 3.48. The van der Waals surface area contributed by atoms with Crippen LogP contribution in [0.4, 0.5) is 0 Å². The Hall–Kier alpha value is -4.27. The van der Waals surface area contributed by atoms with E-state index in [0.717, 1.165) is 49.2 Å². The topological polar surface area (TPSA) is 65.2 Å². The quantitative estimate of drug-likeness (QED) is 0.220. The SMILES string of the molecule is c1ccc(C2c3c(ccc4ccccc34)Oc3ncn4nc(CSc5nc6ccccc6s5)nc4c32)cc1. The van der Waals surface area contributed by atoms with Crippen molar-refractivity contribution in [3.05, 3.63) is 120 Å². The van der Waals surface area contributed by atoms with Crippen LogP contribution in [0.2, 0.25) is 0 Å². The van der Waals surface area contributed by atoms with Gasteiger partial charge in [0.15, 0.2) is 15.8 Å². The first kappa shape index (κ1) is 21.8. The Morgan fingerprint density at radius 3 is 2.61 bits per heavy atom. The first-order valence-electron chi connectivity index (χ1n) is 12.3. The van der Waals surface area contributed by atoms with E-state index in [1.54, 1.807) is 33.9 Å². The van der Waals surface area contributed by atoms with Crippen LogP contribution in [0.15, 0.2) is 102 Å². The molecule has 0 N–H and O–H groups in total. The molecule has 0 fully saturated rings. The van der Waals surface area contributed by atoms with Gasteiger partial charge in [0.25, 0.3) is 0 Å². The molecule has 1 atom stereocenters. The fourth-order valence-electron chi connectivity index (χ4n) is 5.23. The molecule has 7 aromatic rings. The van der Waals surface area contributed by atoms with Crippen molar-refractivity contribution in [3.8, 4) is 11.6 Å². The van der Waals surface area contributed by atoms with Crippen molar-refractivity contribution in [3.63, 3.8) is 0 Å². The lowest BCUT2D eigenvalue weighted by Crippen LogP contribution is -2.15. The summed E-state index contributed by atoms with van der Waals surface area (Å²) >= 11 is 3.35. The van der Waals surface area contributed by atoms with E-state index < -0.39 is 0 Å². The van der Waals surface area contributed by atoms with E-state index in [4.69, 9.17) is 19.8 Å². The first-order valence-corrected chi connectivity index (χ1v) is 14.1. The molecular weight excluding hydrogens is 510 g/mol. The normalized spacial score (nSPS) is 14.5. The zero-order chi connectivity index (χ0) is 25.1. The molecule has 0 bridgehead atoms. The van der Waals surface area contributed by atoms with E-state index in [2.05, 4.69) is 65.6 Å². The fraction of sp³-hybridized carbons (Fsp3) is 0.0667. The van der Waals surface area contributed by atoms with Crippen molar-refractivity contribution in [2.24, 2.45) is 0 Å². The van der Waals surface area contributed by atoms with Crippen LogP contribution >= 0.6 is 23.1 Å². The second-order valence-corrected chi connectivity index (χ2v) is 11.4. The van der Waals surface area contributed by atoms with E-state index in [1.165, 1.54) is 10.1 Å². The summed E-state index contributed by atoms with van der Waals surface area (Å²) in [5, 5.41) is 7.12. The van der Waals surface area contributed by atoms with E-state index in [9.17, 15) is 0 Å². The zero-order valence-electron chi connectivity index (χ0n) is 20.0. The minimum absolute atomic E-state index is 0.0915. The summed E-state index contributed by atoms with van der Waals surface area (Å²) in [4.78, 5) is 14.4. The summed E-state index contributed by atoms with van der Waals surface area (Å²) in [5.41, 5.74) is 5.02. The number of hydrogen-bond acceptors (Lipinski definition) is 7. The molecule has 8 rings (SSSR count). The molecule has 0 aliphatic carbocycles. The third-order valence-corrected chi connectivity index (χ3v) is 9.05. The van der Waals surface area contributed by atoms with Gasteiger partial charge in [-0.3, -0.25) is 0 Å². The van der Waals surface area contributed by atoms with Gasteiger partial charge < -0.3 is 4.74 Å². The van der Waals surface area contributed by atoms with Gasteiger partial charge in [-0.1, -0.05) is 84.6 Å². The highest BCUT2D eigenvalue weighted by Gasteiger charge is 2.34. The minimum Gasteiger partial charge on any atom is -0.438 e. The standard InChI is InChI=1S/C30H19N5OS2/c1-2-9-19(10-3-1)25-26-20-11-5-4-8-18(20)14-15-22(26)36-29-27(25)28-33-24(34-35(28)17-31-29)16-37-30-32-21-12-6-7-13-23(21)38-30/h1-15,17,25H,16H2. The Kier molecular flexibility index (Phi) is 4.96. The highest BCUT2D eigenvalue weighted by atomic mass is 32.2. The summed E-state index contributed by atoms with van der Waals surface area (Å²) in [5.74, 6) is 2.67. The van der Waals surface area contributed by atoms with Crippen molar-refractivity contribution in [1.29, 1.82) is 0 Å². The van der Waals surface area contributed by atoms with E-state index >= 15 is 0 Å². The molecule has 0 amide bonds. The summed E-state index contributed by atoms with van der Waals surface area (Å²) < 4.78 is 10.4. The maximum absolute atomic E-state index is 6.41. The van der Waals surface area contributed by atoms with Crippen LogP contribution in [0.3, 0.4) is 0 Å². The molecule has 0 saturated carbocycles. The molecule has 6 nitrogen and oxygen atoms in total. The number of para-hydroxylation sites is 1. The Labute approximate surface area is 226 Å². The molecule has 0 spiro atoms. The average Bonchev–Trinajstić information content (AvgIpc) is 3.59. The molecule has 4 aromatic carbocycles. The summed E-state index contributed by atoms with van der Waals surface area (Å²) in [6.45, 7) is 0. The predicted octanol–water partition coefficient (Wildman–Crippen LogP) is 7.47. The third-order valence-electron chi connectivity index (χ3n) is 6.88. The van der Waals surface area contributed by atoms with Crippen LogP contribution < -0.4 is 4.74 Å². The molecule has 8 heteroatoms. The second kappa shape index (κ2) is 8.65. The molecule has 3 aromatic heterocycles. The number of nitrogens with zero attached hydrogens (tertiary/aromatic N) is 5. The predicted molar refractivity (Wildman–Crippen MR) is 151 cm³/mol. The number of aromatic nitrogens is 5. The van der Waals surface area contributed by atoms with Gasteiger partial charge in [0.05, 0.1) is 21.5 Å². The van der Waals surface area contributed by atoms with Crippen molar-refractivity contribution >= 4 is 49.7 Å². The van der Waals surface area contributed by atoms with Crippen LogP contribution in [0, 0.1) is 0 Å². The minimum atomic E-state index is -0.0915. The summed E-state index contributed by atoms with van der Waals surface area (Å²) in [6, 6.07) is 31.3. The van der Waals surface area contributed by atoms with Gasteiger partial charge in [0, 0.05) is 11.5 Å². The van der Waals surface area contributed by atoms with Crippen LogP contribution in [-0.2, 0) is 5.75 Å². The fourth-order valence-corrected chi connectivity index (χ4v) is 7.14. The van der Waals surface area contributed by atoms with Crippen molar-refractivity contribution in [1.82, 2.24) is 24.6 Å². The maximum atomic E-state index is 6.41. The van der Waals surface area contributed by atoms with Crippen LogP contribution in [0.5, 0.6) is 11.6 Å². The second-order valence-electron chi connectivity index (χ2n) is 9.14. The van der Waals surface area contributed by atoms with Gasteiger partial charge in [-0.25, -0.2) is 19.5 Å². The van der Waals surface area contributed by atoms with E-state index in [1.807, 2.05) is 30.3 Å². The monoisotopic (exact) mass is 529 g/mol. The molecule has 1 aliphatic heterocycles. The molecule has 182 valence electrons. The molecule has 1 unspecified atom stereocenters. The molecule has 38 heavy (non-hydrogen) atoms. The lowest BCUT2D eigenvalue weighted by molar-refractivity contribution is 0.433. The van der Waals surface area contributed by atoms with Gasteiger partial charge in [0.2, 0.25) is 5.88 Å². The highest BCUT2D eigenvalue weighted by molar-refractivity contribution is 8.00. The molecule has 0 saturated heterocycles. The Morgan fingerprint density at radius 1 is 0.842 bits per heavy atom. The van der Waals surface area contributed by atoms with Crippen molar-refractivity contribution in [2.45, 2.75) is 16.0 Å². The Bertz CT molecular complexity index is 1950. The van der Waals surface area contributed by atoms with Gasteiger partial charge in [-0.05, 0) is 34.5 Å². The average molecular weight is 530 g/mol. The van der Waals surface area contributed by atoms with Gasteiger partial charge in [-0.15, -0.1) is 16.4 Å². The number of hydrogen-bond donors (Lipinski definition) is 0. The number of rotatable bonds is 4. The number of thioether (sulfide) groups is 1. The van der Waals surface area contributed by atoms with Crippen molar-refractivity contribution in [2.75, 3.05) is 0 Å². The van der Waals surface area contributed by atoms with Gasteiger partial charge >= 0.3 is 0 Å². The number of thiazole rings is 1. The Balaban J connectivity index is 1.26. The zero-order valence-corrected chi connectivity index (χ0v) is 21.6. The van der Waals surface area contributed by atoms with E-state index in [-0.39, 0.29) is 5.92 Å². The first-order chi connectivity index (χ1) is 18.8. The van der Waals surface area contributed by atoms with Crippen LogP contribution in [0.1, 0.15) is 28.4 Å². The lowest BCUT2D eigenvalue weighted by atomic mass is 9.81. The number of ether oxygens (including phenoxy) is 1.